The van der Waals surface area contributed by atoms with Crippen LogP contribution in [0.2, 0.25) is 0 Å². The lowest BCUT2D eigenvalue weighted by molar-refractivity contribution is 0.0683. The quantitative estimate of drug-likeness (QED) is 0.866. The molecule has 1 amide bonds. The smallest absolute Gasteiger partial charge is 0.273 e. The van der Waals surface area contributed by atoms with Crippen LogP contribution in [-0.4, -0.2) is 35.4 Å². The second-order valence-electron chi connectivity index (χ2n) is 4.19. The average molecular weight is 239 g/mol. The van der Waals surface area contributed by atoms with Crippen LogP contribution >= 0.6 is 11.3 Å². The molecule has 0 aliphatic carbocycles. The maximum atomic E-state index is 12.0. The van der Waals surface area contributed by atoms with Crippen molar-refractivity contribution in [3.05, 3.63) is 16.6 Å². The summed E-state index contributed by atoms with van der Waals surface area (Å²) in [4.78, 5) is 17.9. The summed E-state index contributed by atoms with van der Waals surface area (Å²) >= 11 is 1.47. The van der Waals surface area contributed by atoms with Gasteiger partial charge in [0, 0.05) is 18.5 Å². The van der Waals surface area contributed by atoms with Crippen molar-refractivity contribution in [2.45, 2.75) is 19.3 Å². The van der Waals surface area contributed by atoms with E-state index in [1.807, 2.05) is 10.3 Å². The van der Waals surface area contributed by atoms with Crippen molar-refractivity contribution >= 4 is 17.2 Å². The van der Waals surface area contributed by atoms with Gasteiger partial charge in [-0.25, -0.2) is 4.98 Å². The van der Waals surface area contributed by atoms with Crippen molar-refractivity contribution in [1.29, 1.82) is 0 Å². The molecular formula is C11H17N3OS. The highest BCUT2D eigenvalue weighted by Crippen LogP contribution is 2.21. The van der Waals surface area contributed by atoms with E-state index in [-0.39, 0.29) is 5.91 Å². The number of hydrogen-bond donors (Lipinski definition) is 1. The SMILES string of the molecule is NCCC1CCN(C(=O)c2cscn2)CC1. The fraction of sp³-hybridized carbons (Fsp3) is 0.636. The van der Waals surface area contributed by atoms with Gasteiger partial charge in [0.25, 0.3) is 5.91 Å². The molecule has 0 saturated carbocycles. The highest BCUT2D eigenvalue weighted by Gasteiger charge is 2.23. The molecule has 1 aliphatic heterocycles. The van der Waals surface area contributed by atoms with Crippen LogP contribution in [0.1, 0.15) is 29.8 Å². The number of thiazole rings is 1. The Kier molecular flexibility index (Phi) is 3.90. The Labute approximate surface area is 99.5 Å². The molecule has 0 unspecified atom stereocenters. The van der Waals surface area contributed by atoms with Gasteiger partial charge in [-0.3, -0.25) is 4.79 Å². The summed E-state index contributed by atoms with van der Waals surface area (Å²) in [7, 11) is 0. The maximum absolute atomic E-state index is 12.0. The molecule has 4 nitrogen and oxygen atoms in total. The number of likely N-dealkylation sites (tertiary alicyclic amines) is 1. The minimum absolute atomic E-state index is 0.0763. The molecule has 2 rings (SSSR count). The highest BCUT2D eigenvalue weighted by molar-refractivity contribution is 7.07. The molecule has 2 heterocycles. The third-order valence-corrected chi connectivity index (χ3v) is 3.71. The lowest BCUT2D eigenvalue weighted by Gasteiger charge is -2.31. The first kappa shape index (κ1) is 11.5. The van der Waals surface area contributed by atoms with Gasteiger partial charge in [-0.05, 0) is 31.7 Å². The van der Waals surface area contributed by atoms with E-state index >= 15 is 0 Å². The third-order valence-electron chi connectivity index (χ3n) is 3.13. The van der Waals surface area contributed by atoms with Gasteiger partial charge < -0.3 is 10.6 Å². The number of rotatable bonds is 3. The lowest BCUT2D eigenvalue weighted by atomic mass is 9.93. The standard InChI is InChI=1S/C11H17N3OS/c12-4-1-9-2-5-14(6-3-9)11(15)10-7-16-8-13-10/h7-9H,1-6,12H2. The summed E-state index contributed by atoms with van der Waals surface area (Å²) in [6.07, 6.45) is 3.24. The Hall–Kier alpha value is -0.940. The van der Waals surface area contributed by atoms with Crippen molar-refractivity contribution < 1.29 is 4.79 Å². The predicted octanol–water partition coefficient (Wildman–Crippen LogP) is 1.34. The Balaban J connectivity index is 1.87. The fourth-order valence-corrected chi connectivity index (χ4v) is 2.67. The van der Waals surface area contributed by atoms with Crippen LogP contribution in [0.25, 0.3) is 0 Å². The summed E-state index contributed by atoms with van der Waals surface area (Å²) in [5.41, 5.74) is 7.83. The van der Waals surface area contributed by atoms with Gasteiger partial charge in [0.15, 0.2) is 0 Å². The summed E-state index contributed by atoms with van der Waals surface area (Å²) < 4.78 is 0. The van der Waals surface area contributed by atoms with E-state index in [1.54, 1.807) is 5.51 Å². The molecule has 0 bridgehead atoms. The van der Waals surface area contributed by atoms with Gasteiger partial charge >= 0.3 is 0 Å². The largest absolute Gasteiger partial charge is 0.337 e. The normalized spacial score (nSPS) is 17.7. The van der Waals surface area contributed by atoms with Crippen LogP contribution in [0, 0.1) is 5.92 Å². The fourth-order valence-electron chi connectivity index (χ4n) is 2.14. The van der Waals surface area contributed by atoms with Crippen LogP contribution in [-0.2, 0) is 0 Å². The summed E-state index contributed by atoms with van der Waals surface area (Å²) in [6, 6.07) is 0. The number of carbonyl (C=O) groups is 1. The molecule has 1 aromatic heterocycles. The van der Waals surface area contributed by atoms with Gasteiger partial charge in [0.1, 0.15) is 5.69 Å². The van der Waals surface area contributed by atoms with Gasteiger partial charge in [-0.15, -0.1) is 11.3 Å². The number of aromatic nitrogens is 1. The molecule has 0 aromatic carbocycles. The number of carbonyl (C=O) groups excluding carboxylic acids is 1. The molecule has 1 aromatic rings. The van der Waals surface area contributed by atoms with Crippen LogP contribution < -0.4 is 5.73 Å². The second-order valence-corrected chi connectivity index (χ2v) is 4.91. The Morgan fingerprint density at radius 3 is 2.88 bits per heavy atom. The second kappa shape index (κ2) is 5.41. The van der Waals surface area contributed by atoms with Crippen molar-refractivity contribution in [3.63, 3.8) is 0 Å². The van der Waals surface area contributed by atoms with E-state index < -0.39 is 0 Å². The van der Waals surface area contributed by atoms with E-state index in [2.05, 4.69) is 4.98 Å². The molecule has 1 saturated heterocycles. The van der Waals surface area contributed by atoms with Gasteiger partial charge in [0.05, 0.1) is 5.51 Å². The van der Waals surface area contributed by atoms with Crippen molar-refractivity contribution in [3.8, 4) is 0 Å². The molecule has 16 heavy (non-hydrogen) atoms. The molecule has 0 radical (unpaired) electrons. The Morgan fingerprint density at radius 1 is 1.56 bits per heavy atom. The summed E-state index contributed by atoms with van der Waals surface area (Å²) in [6.45, 7) is 2.45. The zero-order valence-electron chi connectivity index (χ0n) is 9.26. The zero-order valence-corrected chi connectivity index (χ0v) is 10.1. The number of piperidine rings is 1. The van der Waals surface area contributed by atoms with E-state index in [0.717, 1.165) is 38.9 Å². The number of nitrogens with two attached hydrogens (primary N) is 1. The minimum atomic E-state index is 0.0763. The molecule has 5 heteroatoms. The zero-order chi connectivity index (χ0) is 11.4. The third kappa shape index (κ3) is 2.59. The lowest BCUT2D eigenvalue weighted by Crippen LogP contribution is -2.39. The van der Waals surface area contributed by atoms with Crippen LogP contribution in [0.3, 0.4) is 0 Å². The predicted molar refractivity (Wildman–Crippen MR) is 64.4 cm³/mol. The van der Waals surface area contributed by atoms with Crippen LogP contribution in [0.15, 0.2) is 10.9 Å². The molecule has 0 atom stereocenters. The molecule has 1 aliphatic rings. The molecule has 1 fully saturated rings. The minimum Gasteiger partial charge on any atom is -0.337 e. The van der Waals surface area contributed by atoms with E-state index in [0.29, 0.717) is 11.6 Å². The monoisotopic (exact) mass is 239 g/mol. The Bertz CT molecular complexity index is 331. The topological polar surface area (TPSA) is 59.2 Å². The maximum Gasteiger partial charge on any atom is 0.273 e. The number of hydrogen-bond acceptors (Lipinski definition) is 4. The van der Waals surface area contributed by atoms with Gasteiger partial charge in [0.2, 0.25) is 0 Å². The van der Waals surface area contributed by atoms with Crippen molar-refractivity contribution in [1.82, 2.24) is 9.88 Å². The van der Waals surface area contributed by atoms with E-state index in [1.165, 1.54) is 11.3 Å². The van der Waals surface area contributed by atoms with Gasteiger partial charge in [-0.2, -0.15) is 0 Å². The number of nitrogens with zero attached hydrogens (tertiary/aromatic N) is 2. The average Bonchev–Trinajstić information content (AvgIpc) is 2.83. The van der Waals surface area contributed by atoms with Crippen molar-refractivity contribution in [2.75, 3.05) is 19.6 Å². The Morgan fingerprint density at radius 2 is 2.31 bits per heavy atom. The molecule has 2 N–H and O–H groups in total. The van der Waals surface area contributed by atoms with E-state index in [4.69, 9.17) is 5.73 Å². The number of amides is 1. The van der Waals surface area contributed by atoms with Crippen molar-refractivity contribution in [2.24, 2.45) is 11.7 Å². The molecule has 0 spiro atoms. The summed E-state index contributed by atoms with van der Waals surface area (Å²) in [5, 5.41) is 1.81. The van der Waals surface area contributed by atoms with Crippen LogP contribution in [0.5, 0.6) is 0 Å². The molecule has 88 valence electrons. The van der Waals surface area contributed by atoms with Gasteiger partial charge in [-0.1, -0.05) is 0 Å². The van der Waals surface area contributed by atoms with E-state index in [9.17, 15) is 4.79 Å². The molecular weight excluding hydrogens is 222 g/mol. The first-order valence-electron chi connectivity index (χ1n) is 5.69. The summed E-state index contributed by atoms with van der Waals surface area (Å²) in [5.74, 6) is 0.775. The first-order chi connectivity index (χ1) is 7.81. The van der Waals surface area contributed by atoms with Crippen LogP contribution in [0.4, 0.5) is 0 Å². The first-order valence-corrected chi connectivity index (χ1v) is 6.63. The highest BCUT2D eigenvalue weighted by atomic mass is 32.1.